The van der Waals surface area contributed by atoms with E-state index in [1.54, 1.807) is 41.6 Å². The van der Waals surface area contributed by atoms with Crippen molar-refractivity contribution in [3.05, 3.63) is 60.2 Å². The quantitative estimate of drug-likeness (QED) is 0.644. The average Bonchev–Trinajstić information content (AvgIpc) is 2.78. The molecule has 0 bridgehead atoms. The molecule has 1 unspecified atom stereocenters. The summed E-state index contributed by atoms with van der Waals surface area (Å²) in [4.78, 5) is 31.2. The molecule has 3 amide bonds. The zero-order chi connectivity index (χ0) is 22.6. The van der Waals surface area contributed by atoms with E-state index in [1.807, 2.05) is 0 Å². The molecule has 2 aromatic rings. The van der Waals surface area contributed by atoms with Crippen LogP contribution in [0.2, 0.25) is 0 Å². The minimum Gasteiger partial charge on any atom is -0.354 e. The van der Waals surface area contributed by atoms with Crippen molar-refractivity contribution in [3.8, 4) is 0 Å². The van der Waals surface area contributed by atoms with Crippen LogP contribution in [-0.2, 0) is 10.2 Å². The van der Waals surface area contributed by atoms with Crippen LogP contribution in [0.4, 0.5) is 14.9 Å². The number of rotatable bonds is 6. The summed E-state index contributed by atoms with van der Waals surface area (Å²) in [5.41, 5.74) is 7.43. The zero-order valence-corrected chi connectivity index (χ0v) is 18.1. The summed E-state index contributed by atoms with van der Waals surface area (Å²) < 4.78 is 13.3. The Labute approximate surface area is 187 Å². The number of amides is 3. The van der Waals surface area contributed by atoms with Gasteiger partial charge >= 0.3 is 6.03 Å². The van der Waals surface area contributed by atoms with E-state index in [0.717, 1.165) is 43.4 Å². The third kappa shape index (κ3) is 4.75. The van der Waals surface area contributed by atoms with Gasteiger partial charge in [-0.3, -0.25) is 9.78 Å². The number of aromatic nitrogens is 1. The summed E-state index contributed by atoms with van der Waals surface area (Å²) >= 11 is 0. The van der Waals surface area contributed by atoms with Gasteiger partial charge in [-0.2, -0.15) is 0 Å². The van der Waals surface area contributed by atoms with Gasteiger partial charge in [0.05, 0.1) is 5.41 Å². The molecule has 4 rings (SSSR count). The summed E-state index contributed by atoms with van der Waals surface area (Å²) in [7, 11) is 0. The van der Waals surface area contributed by atoms with E-state index in [-0.39, 0.29) is 29.7 Å². The Balaban J connectivity index is 1.25. The third-order valence-electron chi connectivity index (χ3n) is 6.90. The SMILES string of the molecule is NC(CNC(=O)C1(c2ccc(F)cc2)CCC1)C1CCN(C(=O)Nc2ccncc2)CC1. The first-order valence-corrected chi connectivity index (χ1v) is 11.2. The van der Waals surface area contributed by atoms with E-state index in [1.165, 1.54) is 12.1 Å². The minimum absolute atomic E-state index is 0.0278. The molecule has 2 fully saturated rings. The number of hydrogen-bond donors (Lipinski definition) is 3. The van der Waals surface area contributed by atoms with Gasteiger partial charge in [-0.15, -0.1) is 0 Å². The number of halogens is 1. The Kier molecular flexibility index (Phi) is 6.69. The van der Waals surface area contributed by atoms with Gasteiger partial charge in [0.25, 0.3) is 0 Å². The molecular weight excluding hydrogens is 409 g/mol. The number of carbonyl (C=O) groups is 2. The third-order valence-corrected chi connectivity index (χ3v) is 6.90. The lowest BCUT2D eigenvalue weighted by Gasteiger charge is -2.41. The molecule has 7 nitrogen and oxygen atoms in total. The summed E-state index contributed by atoms with van der Waals surface area (Å²) in [5, 5.41) is 5.93. The van der Waals surface area contributed by atoms with Gasteiger partial charge in [0, 0.05) is 43.8 Å². The molecule has 0 radical (unpaired) electrons. The fourth-order valence-electron chi connectivity index (χ4n) is 4.66. The van der Waals surface area contributed by atoms with Crippen LogP contribution < -0.4 is 16.4 Å². The van der Waals surface area contributed by atoms with E-state index in [4.69, 9.17) is 5.73 Å². The van der Waals surface area contributed by atoms with E-state index in [9.17, 15) is 14.0 Å². The standard InChI is InChI=1S/C24H30FN5O2/c25-19-4-2-18(3-5-19)24(10-1-11-24)22(31)28-16-21(26)17-8-14-30(15-9-17)23(32)29-20-6-12-27-13-7-20/h2-7,12-13,17,21H,1,8-11,14-16,26H2,(H,28,31)(H,27,29,32). The van der Waals surface area contributed by atoms with Crippen molar-refractivity contribution in [2.24, 2.45) is 11.7 Å². The molecule has 32 heavy (non-hydrogen) atoms. The van der Waals surface area contributed by atoms with Crippen LogP contribution in [0.1, 0.15) is 37.7 Å². The molecule has 1 aromatic heterocycles. The smallest absolute Gasteiger partial charge is 0.321 e. The molecule has 1 aliphatic carbocycles. The van der Waals surface area contributed by atoms with Crippen molar-refractivity contribution in [1.82, 2.24) is 15.2 Å². The van der Waals surface area contributed by atoms with Gasteiger partial charge in [0.2, 0.25) is 5.91 Å². The van der Waals surface area contributed by atoms with Crippen LogP contribution in [0.15, 0.2) is 48.8 Å². The fraction of sp³-hybridized carbons (Fsp3) is 0.458. The fourth-order valence-corrected chi connectivity index (χ4v) is 4.66. The van der Waals surface area contributed by atoms with Gasteiger partial charge in [0.1, 0.15) is 5.82 Å². The summed E-state index contributed by atoms with van der Waals surface area (Å²) in [6.07, 6.45) is 7.39. The van der Waals surface area contributed by atoms with Crippen LogP contribution in [0.25, 0.3) is 0 Å². The summed E-state index contributed by atoms with van der Waals surface area (Å²) in [6, 6.07) is 9.45. The van der Waals surface area contributed by atoms with Crippen LogP contribution in [0.3, 0.4) is 0 Å². The minimum atomic E-state index is -0.568. The number of likely N-dealkylation sites (tertiary alicyclic amines) is 1. The molecule has 8 heteroatoms. The van der Waals surface area contributed by atoms with Crippen molar-refractivity contribution >= 4 is 17.6 Å². The van der Waals surface area contributed by atoms with Crippen LogP contribution >= 0.6 is 0 Å². The second-order valence-corrected chi connectivity index (χ2v) is 8.81. The molecule has 170 valence electrons. The number of nitrogens with zero attached hydrogens (tertiary/aromatic N) is 2. The van der Waals surface area contributed by atoms with Crippen molar-refractivity contribution in [1.29, 1.82) is 0 Å². The number of piperidine rings is 1. The van der Waals surface area contributed by atoms with Crippen LogP contribution in [0.5, 0.6) is 0 Å². The predicted octanol–water partition coefficient (Wildman–Crippen LogP) is 3.03. The highest BCUT2D eigenvalue weighted by Crippen LogP contribution is 2.44. The normalized spacial score (nSPS) is 19.0. The molecule has 1 atom stereocenters. The molecular formula is C24H30FN5O2. The topological polar surface area (TPSA) is 100 Å². The summed E-state index contributed by atoms with van der Waals surface area (Å²) in [5.74, 6) is -0.0881. The number of anilines is 1. The van der Waals surface area contributed by atoms with Gasteiger partial charge in [-0.1, -0.05) is 18.6 Å². The molecule has 2 aliphatic rings. The average molecular weight is 440 g/mol. The van der Waals surface area contributed by atoms with Gasteiger partial charge in [0.15, 0.2) is 0 Å². The Morgan fingerprint density at radius 2 is 1.78 bits per heavy atom. The lowest BCUT2D eigenvalue weighted by Crippen LogP contribution is -2.53. The number of nitrogens with two attached hydrogens (primary N) is 1. The number of nitrogens with one attached hydrogen (secondary N) is 2. The molecule has 1 saturated heterocycles. The van der Waals surface area contributed by atoms with Crippen molar-refractivity contribution in [2.45, 2.75) is 43.6 Å². The van der Waals surface area contributed by atoms with Gasteiger partial charge < -0.3 is 21.3 Å². The number of urea groups is 1. The lowest BCUT2D eigenvalue weighted by atomic mass is 9.63. The monoisotopic (exact) mass is 439 g/mol. The Morgan fingerprint density at radius 3 is 2.38 bits per heavy atom. The van der Waals surface area contributed by atoms with Crippen LogP contribution in [-0.4, -0.2) is 47.5 Å². The molecule has 1 aliphatic heterocycles. The zero-order valence-electron chi connectivity index (χ0n) is 18.1. The second-order valence-electron chi connectivity index (χ2n) is 8.81. The van der Waals surface area contributed by atoms with E-state index in [0.29, 0.717) is 19.6 Å². The molecule has 4 N–H and O–H groups in total. The van der Waals surface area contributed by atoms with Crippen molar-refractivity contribution < 1.29 is 14.0 Å². The highest BCUT2D eigenvalue weighted by atomic mass is 19.1. The maximum atomic E-state index is 13.3. The Hall–Kier alpha value is -3.00. The second kappa shape index (κ2) is 9.65. The van der Waals surface area contributed by atoms with Crippen molar-refractivity contribution in [2.75, 3.05) is 25.0 Å². The predicted molar refractivity (Wildman–Crippen MR) is 120 cm³/mol. The molecule has 1 aromatic carbocycles. The highest BCUT2D eigenvalue weighted by molar-refractivity contribution is 5.89. The highest BCUT2D eigenvalue weighted by Gasteiger charge is 2.45. The number of carbonyl (C=O) groups excluding carboxylic acids is 2. The molecule has 1 saturated carbocycles. The Bertz CT molecular complexity index is 925. The van der Waals surface area contributed by atoms with E-state index in [2.05, 4.69) is 15.6 Å². The van der Waals surface area contributed by atoms with E-state index >= 15 is 0 Å². The molecule has 0 spiro atoms. The lowest BCUT2D eigenvalue weighted by molar-refractivity contribution is -0.130. The van der Waals surface area contributed by atoms with E-state index < -0.39 is 5.41 Å². The Morgan fingerprint density at radius 1 is 1.12 bits per heavy atom. The number of benzene rings is 1. The number of pyridine rings is 1. The first-order valence-electron chi connectivity index (χ1n) is 11.2. The van der Waals surface area contributed by atoms with Gasteiger partial charge in [-0.25, -0.2) is 9.18 Å². The van der Waals surface area contributed by atoms with Gasteiger partial charge in [-0.05, 0) is 61.4 Å². The maximum Gasteiger partial charge on any atom is 0.321 e. The summed E-state index contributed by atoms with van der Waals surface area (Å²) in [6.45, 7) is 1.65. The number of hydrogen-bond acceptors (Lipinski definition) is 4. The first kappa shape index (κ1) is 22.2. The first-order chi connectivity index (χ1) is 15.5. The van der Waals surface area contributed by atoms with Crippen LogP contribution in [0, 0.1) is 11.7 Å². The maximum absolute atomic E-state index is 13.3. The molecule has 2 heterocycles. The largest absolute Gasteiger partial charge is 0.354 e. The van der Waals surface area contributed by atoms with Crippen molar-refractivity contribution in [3.63, 3.8) is 0 Å².